The molecule has 1 fully saturated rings. The van der Waals surface area contributed by atoms with Crippen molar-refractivity contribution in [3.63, 3.8) is 0 Å². The van der Waals surface area contributed by atoms with Crippen LogP contribution in [0.1, 0.15) is 23.5 Å². The Morgan fingerprint density at radius 2 is 2.36 bits per heavy atom. The standard InChI is InChI=1S/C16H19ClN2O2S/c17-15-6-5-14(22-15)9-18-16(20)12-3-1-7-19(10-12)11-13-4-2-8-21-13/h2,4-6,8,12H,1,3,7,9-11H2,(H,18,20)/t12-/m1/s1. The van der Waals surface area contributed by atoms with Gasteiger partial charge in [-0.2, -0.15) is 0 Å². The Morgan fingerprint density at radius 1 is 1.45 bits per heavy atom. The summed E-state index contributed by atoms with van der Waals surface area (Å²) in [7, 11) is 0. The van der Waals surface area contributed by atoms with E-state index < -0.39 is 0 Å². The van der Waals surface area contributed by atoms with Gasteiger partial charge in [0.1, 0.15) is 5.76 Å². The zero-order valence-electron chi connectivity index (χ0n) is 12.3. The summed E-state index contributed by atoms with van der Waals surface area (Å²) >= 11 is 7.41. The minimum absolute atomic E-state index is 0.0548. The lowest BCUT2D eigenvalue weighted by Gasteiger charge is -2.31. The van der Waals surface area contributed by atoms with Crippen molar-refractivity contribution in [3.05, 3.63) is 45.5 Å². The van der Waals surface area contributed by atoms with E-state index in [0.717, 1.165) is 47.4 Å². The third-order valence-corrected chi connectivity index (χ3v) is 5.13. The van der Waals surface area contributed by atoms with Gasteiger partial charge in [-0.3, -0.25) is 9.69 Å². The van der Waals surface area contributed by atoms with Crippen LogP contribution < -0.4 is 5.32 Å². The number of hydrogen-bond acceptors (Lipinski definition) is 4. The Morgan fingerprint density at radius 3 is 3.09 bits per heavy atom. The maximum absolute atomic E-state index is 12.3. The molecule has 1 N–H and O–H groups in total. The molecule has 1 aliphatic rings. The lowest BCUT2D eigenvalue weighted by atomic mass is 9.97. The summed E-state index contributed by atoms with van der Waals surface area (Å²) in [6.45, 7) is 3.14. The largest absolute Gasteiger partial charge is 0.468 e. The van der Waals surface area contributed by atoms with E-state index in [4.69, 9.17) is 16.0 Å². The number of furan rings is 1. The average Bonchev–Trinajstić information content (AvgIpc) is 3.17. The molecule has 2 aromatic heterocycles. The minimum Gasteiger partial charge on any atom is -0.468 e. The third kappa shape index (κ3) is 4.12. The van der Waals surface area contributed by atoms with Gasteiger partial charge in [-0.15, -0.1) is 11.3 Å². The lowest BCUT2D eigenvalue weighted by Crippen LogP contribution is -2.42. The van der Waals surface area contributed by atoms with Gasteiger partial charge in [0.25, 0.3) is 0 Å². The second-order valence-electron chi connectivity index (χ2n) is 5.58. The Hall–Kier alpha value is -1.30. The average molecular weight is 339 g/mol. The van der Waals surface area contributed by atoms with Gasteiger partial charge in [-0.1, -0.05) is 11.6 Å². The number of nitrogens with zero attached hydrogens (tertiary/aromatic N) is 1. The first-order valence-electron chi connectivity index (χ1n) is 7.47. The zero-order chi connectivity index (χ0) is 15.4. The number of hydrogen-bond donors (Lipinski definition) is 1. The van der Waals surface area contributed by atoms with Gasteiger partial charge in [-0.05, 0) is 43.7 Å². The Kier molecular flexibility index (Phi) is 5.18. The Bertz CT molecular complexity index is 611. The van der Waals surface area contributed by atoms with Crippen LogP contribution in [0.4, 0.5) is 0 Å². The van der Waals surface area contributed by atoms with Crippen LogP contribution in [0, 0.1) is 5.92 Å². The number of carbonyl (C=O) groups is 1. The van der Waals surface area contributed by atoms with Gasteiger partial charge in [0.2, 0.25) is 5.91 Å². The molecule has 0 unspecified atom stereocenters. The molecule has 1 saturated heterocycles. The van der Waals surface area contributed by atoms with Crippen molar-refractivity contribution in [1.29, 1.82) is 0 Å². The number of piperidine rings is 1. The van der Waals surface area contributed by atoms with Crippen LogP contribution in [0.5, 0.6) is 0 Å². The van der Waals surface area contributed by atoms with E-state index in [1.54, 1.807) is 6.26 Å². The van der Waals surface area contributed by atoms with E-state index in [1.165, 1.54) is 11.3 Å². The molecule has 2 aromatic rings. The molecule has 3 rings (SSSR count). The predicted molar refractivity (Wildman–Crippen MR) is 87.9 cm³/mol. The molecule has 0 spiro atoms. The highest BCUT2D eigenvalue weighted by molar-refractivity contribution is 7.16. The van der Waals surface area contributed by atoms with Crippen molar-refractivity contribution in [2.45, 2.75) is 25.9 Å². The van der Waals surface area contributed by atoms with Gasteiger partial charge in [0.05, 0.1) is 29.6 Å². The summed E-state index contributed by atoms with van der Waals surface area (Å²) < 4.78 is 6.14. The lowest BCUT2D eigenvalue weighted by molar-refractivity contribution is -0.127. The summed E-state index contributed by atoms with van der Waals surface area (Å²) in [6.07, 6.45) is 3.69. The topological polar surface area (TPSA) is 45.5 Å². The molecule has 1 amide bonds. The first-order chi connectivity index (χ1) is 10.7. The van der Waals surface area contributed by atoms with Gasteiger partial charge >= 0.3 is 0 Å². The molecule has 0 bridgehead atoms. The van der Waals surface area contributed by atoms with Crippen molar-refractivity contribution in [3.8, 4) is 0 Å². The zero-order valence-corrected chi connectivity index (χ0v) is 13.8. The van der Waals surface area contributed by atoms with Crippen LogP contribution in [0.25, 0.3) is 0 Å². The van der Waals surface area contributed by atoms with Gasteiger partial charge < -0.3 is 9.73 Å². The number of amides is 1. The molecule has 0 aromatic carbocycles. The van der Waals surface area contributed by atoms with E-state index in [-0.39, 0.29) is 11.8 Å². The second kappa shape index (κ2) is 7.31. The summed E-state index contributed by atoms with van der Waals surface area (Å²) in [6, 6.07) is 7.69. The molecule has 22 heavy (non-hydrogen) atoms. The molecule has 0 saturated carbocycles. The fraction of sp³-hybridized carbons (Fsp3) is 0.438. The van der Waals surface area contributed by atoms with Crippen molar-refractivity contribution >= 4 is 28.8 Å². The predicted octanol–water partition coefficient (Wildman–Crippen LogP) is 3.52. The van der Waals surface area contributed by atoms with Crippen molar-refractivity contribution in [2.24, 2.45) is 5.92 Å². The summed E-state index contributed by atoms with van der Waals surface area (Å²) in [5.41, 5.74) is 0. The van der Waals surface area contributed by atoms with Crippen LogP contribution in [0.15, 0.2) is 34.9 Å². The molecule has 0 radical (unpaired) electrons. The van der Waals surface area contributed by atoms with E-state index in [2.05, 4.69) is 10.2 Å². The highest BCUT2D eigenvalue weighted by Gasteiger charge is 2.26. The fourth-order valence-electron chi connectivity index (χ4n) is 2.80. The molecule has 0 aliphatic carbocycles. The minimum atomic E-state index is 0.0548. The number of likely N-dealkylation sites (tertiary alicyclic amines) is 1. The Balaban J connectivity index is 1.49. The molecular formula is C16H19ClN2O2S. The fourth-order valence-corrected chi connectivity index (χ4v) is 3.83. The SMILES string of the molecule is O=C(NCc1ccc(Cl)s1)[C@@H]1CCCN(Cc2ccco2)C1. The number of thiophene rings is 1. The number of rotatable bonds is 5. The molecule has 6 heteroatoms. The Labute approximate surface area is 139 Å². The van der Waals surface area contributed by atoms with Crippen LogP contribution in [0.2, 0.25) is 4.34 Å². The first-order valence-corrected chi connectivity index (χ1v) is 8.67. The molecule has 118 valence electrons. The smallest absolute Gasteiger partial charge is 0.224 e. The quantitative estimate of drug-likeness (QED) is 0.907. The summed E-state index contributed by atoms with van der Waals surface area (Å²) in [5, 5.41) is 3.02. The van der Waals surface area contributed by atoms with Gasteiger partial charge in [-0.25, -0.2) is 0 Å². The molecule has 3 heterocycles. The molecule has 1 atom stereocenters. The maximum Gasteiger partial charge on any atom is 0.224 e. The summed E-state index contributed by atoms with van der Waals surface area (Å²) in [4.78, 5) is 15.7. The first kappa shape index (κ1) is 15.6. The third-order valence-electron chi connectivity index (χ3n) is 3.90. The molecule has 4 nitrogen and oxygen atoms in total. The van der Waals surface area contributed by atoms with Crippen molar-refractivity contribution < 1.29 is 9.21 Å². The van der Waals surface area contributed by atoms with E-state index in [9.17, 15) is 4.79 Å². The van der Waals surface area contributed by atoms with Crippen LogP contribution in [-0.4, -0.2) is 23.9 Å². The van der Waals surface area contributed by atoms with E-state index >= 15 is 0 Å². The van der Waals surface area contributed by atoms with E-state index in [1.807, 2.05) is 24.3 Å². The highest BCUT2D eigenvalue weighted by Crippen LogP contribution is 2.22. The normalized spacial score (nSPS) is 19.2. The molecular weight excluding hydrogens is 320 g/mol. The van der Waals surface area contributed by atoms with Crippen molar-refractivity contribution in [2.75, 3.05) is 13.1 Å². The second-order valence-corrected chi connectivity index (χ2v) is 7.38. The summed E-state index contributed by atoms with van der Waals surface area (Å²) in [5.74, 6) is 1.14. The number of nitrogens with one attached hydrogen (secondary N) is 1. The number of carbonyl (C=O) groups excluding carboxylic acids is 1. The molecule has 1 aliphatic heterocycles. The number of halogens is 1. The van der Waals surface area contributed by atoms with Crippen molar-refractivity contribution in [1.82, 2.24) is 10.2 Å². The van der Waals surface area contributed by atoms with Crippen LogP contribution in [0.3, 0.4) is 0 Å². The monoisotopic (exact) mass is 338 g/mol. The maximum atomic E-state index is 12.3. The van der Waals surface area contributed by atoms with Gasteiger partial charge in [0, 0.05) is 11.4 Å². The highest BCUT2D eigenvalue weighted by atomic mass is 35.5. The van der Waals surface area contributed by atoms with E-state index in [0.29, 0.717) is 6.54 Å². The van der Waals surface area contributed by atoms with Crippen LogP contribution in [-0.2, 0) is 17.9 Å². The van der Waals surface area contributed by atoms with Gasteiger partial charge in [0.15, 0.2) is 0 Å². The van der Waals surface area contributed by atoms with Crippen LogP contribution >= 0.6 is 22.9 Å².